The van der Waals surface area contributed by atoms with Gasteiger partial charge in [-0.25, -0.2) is 0 Å². The number of hydrogen-bond acceptors (Lipinski definition) is 4. The number of hydrogen-bond donors (Lipinski definition) is 2. The standard InChI is InChI=1S/C13H22N4O2/c1-10-8-16(12(18)11-4-5-14-15-11)6-7-17(10)9-13(2,3)19/h4-5,10,19H,6-9H2,1-3H3,(H,14,15)/t10-/m0/s1. The largest absolute Gasteiger partial charge is 0.389 e. The van der Waals surface area contributed by atoms with Crippen molar-refractivity contribution < 1.29 is 9.90 Å². The number of amides is 1. The van der Waals surface area contributed by atoms with Gasteiger partial charge in [-0.3, -0.25) is 14.8 Å². The zero-order chi connectivity index (χ0) is 14.0. The summed E-state index contributed by atoms with van der Waals surface area (Å²) >= 11 is 0. The lowest BCUT2D eigenvalue weighted by Gasteiger charge is -2.41. The zero-order valence-electron chi connectivity index (χ0n) is 11.8. The zero-order valence-corrected chi connectivity index (χ0v) is 11.8. The molecule has 106 valence electrons. The Labute approximate surface area is 113 Å². The Morgan fingerprint density at radius 2 is 2.32 bits per heavy atom. The number of rotatable bonds is 3. The van der Waals surface area contributed by atoms with Gasteiger partial charge in [0.05, 0.1) is 5.60 Å². The molecule has 1 atom stereocenters. The first-order valence-electron chi connectivity index (χ1n) is 6.62. The van der Waals surface area contributed by atoms with Crippen molar-refractivity contribution in [1.29, 1.82) is 0 Å². The summed E-state index contributed by atoms with van der Waals surface area (Å²) < 4.78 is 0. The molecule has 1 aliphatic heterocycles. The molecule has 0 radical (unpaired) electrons. The van der Waals surface area contributed by atoms with Crippen LogP contribution in [0.2, 0.25) is 0 Å². The monoisotopic (exact) mass is 266 g/mol. The van der Waals surface area contributed by atoms with E-state index in [1.807, 2.05) is 18.7 Å². The molecular formula is C13H22N4O2. The van der Waals surface area contributed by atoms with Gasteiger partial charge < -0.3 is 10.0 Å². The Kier molecular flexibility index (Phi) is 3.91. The van der Waals surface area contributed by atoms with Crippen molar-refractivity contribution >= 4 is 5.91 Å². The fourth-order valence-corrected chi connectivity index (χ4v) is 2.46. The lowest BCUT2D eigenvalue weighted by molar-refractivity contribution is -0.00155. The molecule has 2 rings (SSSR count). The van der Waals surface area contributed by atoms with Crippen LogP contribution in [0.1, 0.15) is 31.3 Å². The van der Waals surface area contributed by atoms with E-state index in [1.165, 1.54) is 0 Å². The third-order valence-electron chi connectivity index (χ3n) is 3.37. The molecule has 1 fully saturated rings. The average molecular weight is 266 g/mol. The summed E-state index contributed by atoms with van der Waals surface area (Å²) in [5.41, 5.74) is -0.174. The number of nitrogens with zero attached hydrogens (tertiary/aromatic N) is 3. The molecule has 2 N–H and O–H groups in total. The SMILES string of the molecule is C[C@H]1CN(C(=O)c2ccn[nH]2)CCN1CC(C)(C)O. The van der Waals surface area contributed by atoms with E-state index >= 15 is 0 Å². The van der Waals surface area contributed by atoms with E-state index < -0.39 is 5.60 Å². The topological polar surface area (TPSA) is 72.5 Å². The summed E-state index contributed by atoms with van der Waals surface area (Å²) in [7, 11) is 0. The molecule has 2 heterocycles. The smallest absolute Gasteiger partial charge is 0.271 e. The maximum Gasteiger partial charge on any atom is 0.271 e. The number of aromatic amines is 1. The van der Waals surface area contributed by atoms with Crippen molar-refractivity contribution in [3.05, 3.63) is 18.0 Å². The van der Waals surface area contributed by atoms with Gasteiger partial charge in [0.1, 0.15) is 5.69 Å². The van der Waals surface area contributed by atoms with Gasteiger partial charge in [-0.2, -0.15) is 5.10 Å². The highest BCUT2D eigenvalue weighted by Crippen LogP contribution is 2.15. The van der Waals surface area contributed by atoms with Crippen LogP contribution in [-0.2, 0) is 0 Å². The minimum Gasteiger partial charge on any atom is -0.389 e. The van der Waals surface area contributed by atoms with E-state index in [4.69, 9.17) is 0 Å². The second-order valence-corrected chi connectivity index (χ2v) is 5.85. The fraction of sp³-hybridized carbons (Fsp3) is 0.692. The van der Waals surface area contributed by atoms with Gasteiger partial charge in [-0.1, -0.05) is 0 Å². The van der Waals surface area contributed by atoms with Crippen molar-refractivity contribution in [2.45, 2.75) is 32.4 Å². The molecule has 0 saturated carbocycles. The average Bonchev–Trinajstić information content (AvgIpc) is 2.82. The Hall–Kier alpha value is -1.40. The van der Waals surface area contributed by atoms with E-state index in [1.54, 1.807) is 12.3 Å². The Bertz CT molecular complexity index is 424. The highest BCUT2D eigenvalue weighted by atomic mass is 16.3. The second-order valence-electron chi connectivity index (χ2n) is 5.85. The molecule has 1 aliphatic rings. The van der Waals surface area contributed by atoms with Crippen molar-refractivity contribution in [2.75, 3.05) is 26.2 Å². The summed E-state index contributed by atoms with van der Waals surface area (Å²) in [5, 5.41) is 16.4. The Morgan fingerprint density at radius 1 is 1.58 bits per heavy atom. The predicted octanol–water partition coefficient (Wildman–Crippen LogP) is 0.327. The number of H-pyrrole nitrogens is 1. The first kappa shape index (κ1) is 14.0. The third kappa shape index (κ3) is 3.54. The Balaban J connectivity index is 1.95. The molecular weight excluding hydrogens is 244 g/mol. The van der Waals surface area contributed by atoms with Gasteiger partial charge in [0.2, 0.25) is 0 Å². The summed E-state index contributed by atoms with van der Waals surface area (Å²) in [6, 6.07) is 1.93. The maximum absolute atomic E-state index is 12.2. The molecule has 0 unspecified atom stereocenters. The van der Waals surface area contributed by atoms with E-state index in [0.717, 1.165) is 6.54 Å². The highest BCUT2D eigenvalue weighted by molar-refractivity contribution is 5.92. The van der Waals surface area contributed by atoms with Gasteiger partial charge in [-0.05, 0) is 26.8 Å². The maximum atomic E-state index is 12.2. The molecule has 0 aliphatic carbocycles. The van der Waals surface area contributed by atoms with Crippen LogP contribution in [0.3, 0.4) is 0 Å². The third-order valence-corrected chi connectivity index (χ3v) is 3.37. The molecule has 19 heavy (non-hydrogen) atoms. The van der Waals surface area contributed by atoms with Crippen LogP contribution in [0.4, 0.5) is 0 Å². The Morgan fingerprint density at radius 3 is 2.84 bits per heavy atom. The first-order chi connectivity index (χ1) is 8.87. The van der Waals surface area contributed by atoms with Gasteiger partial charge in [0.15, 0.2) is 0 Å². The lowest BCUT2D eigenvalue weighted by atomic mass is 10.1. The van der Waals surface area contributed by atoms with Crippen LogP contribution in [0, 0.1) is 0 Å². The van der Waals surface area contributed by atoms with Gasteiger partial charge in [-0.15, -0.1) is 0 Å². The van der Waals surface area contributed by atoms with Crippen molar-refractivity contribution in [3.8, 4) is 0 Å². The van der Waals surface area contributed by atoms with Crippen molar-refractivity contribution in [1.82, 2.24) is 20.0 Å². The summed E-state index contributed by atoms with van der Waals surface area (Å²) in [4.78, 5) is 16.2. The first-order valence-corrected chi connectivity index (χ1v) is 6.62. The molecule has 6 heteroatoms. The van der Waals surface area contributed by atoms with Crippen LogP contribution in [-0.4, -0.2) is 68.8 Å². The van der Waals surface area contributed by atoms with E-state index in [2.05, 4.69) is 22.0 Å². The number of piperazine rings is 1. The summed E-state index contributed by atoms with van der Waals surface area (Å²) in [6.45, 7) is 8.46. The molecule has 1 aromatic rings. The van der Waals surface area contributed by atoms with Gasteiger partial charge in [0, 0.05) is 38.4 Å². The lowest BCUT2D eigenvalue weighted by Crippen LogP contribution is -2.56. The van der Waals surface area contributed by atoms with Crippen molar-refractivity contribution in [2.24, 2.45) is 0 Å². The molecule has 0 spiro atoms. The van der Waals surface area contributed by atoms with Crippen LogP contribution < -0.4 is 0 Å². The number of aliphatic hydroxyl groups is 1. The molecule has 0 bridgehead atoms. The minimum atomic E-state index is -0.705. The second kappa shape index (κ2) is 5.30. The number of nitrogens with one attached hydrogen (secondary N) is 1. The molecule has 1 saturated heterocycles. The van der Waals surface area contributed by atoms with Crippen LogP contribution in [0.25, 0.3) is 0 Å². The van der Waals surface area contributed by atoms with E-state index in [9.17, 15) is 9.90 Å². The molecule has 1 aromatic heterocycles. The van der Waals surface area contributed by atoms with Crippen LogP contribution in [0.5, 0.6) is 0 Å². The molecule has 0 aromatic carbocycles. The van der Waals surface area contributed by atoms with Crippen LogP contribution >= 0.6 is 0 Å². The molecule has 6 nitrogen and oxygen atoms in total. The van der Waals surface area contributed by atoms with E-state index in [-0.39, 0.29) is 11.9 Å². The van der Waals surface area contributed by atoms with Crippen molar-refractivity contribution in [3.63, 3.8) is 0 Å². The fourth-order valence-electron chi connectivity index (χ4n) is 2.46. The number of carbonyl (C=O) groups is 1. The molecule has 1 amide bonds. The van der Waals surface area contributed by atoms with E-state index in [0.29, 0.717) is 25.3 Å². The highest BCUT2D eigenvalue weighted by Gasteiger charge is 2.30. The van der Waals surface area contributed by atoms with Crippen LogP contribution in [0.15, 0.2) is 12.3 Å². The summed E-state index contributed by atoms with van der Waals surface area (Å²) in [5.74, 6) is -0.00717. The van der Waals surface area contributed by atoms with Gasteiger partial charge in [0.25, 0.3) is 5.91 Å². The quantitative estimate of drug-likeness (QED) is 0.827. The summed E-state index contributed by atoms with van der Waals surface area (Å²) in [6.07, 6.45) is 1.58. The predicted molar refractivity (Wildman–Crippen MR) is 71.8 cm³/mol. The number of carbonyl (C=O) groups excluding carboxylic acids is 1. The number of β-amino-alcohol motifs (C(OH)–C–C–N with tert-alkyl or cyclic N) is 1. The normalized spacial score (nSPS) is 21.7. The number of aromatic nitrogens is 2. The van der Waals surface area contributed by atoms with Gasteiger partial charge >= 0.3 is 0 Å². The minimum absolute atomic E-state index is 0.00717.